The number of hydrogen-bond donors (Lipinski definition) is 0. The number of para-hydroxylation sites is 1. The number of fused-ring (bicyclic) bond motifs is 2. The van der Waals surface area contributed by atoms with E-state index in [1.807, 2.05) is 31.5 Å². The second-order valence-corrected chi connectivity index (χ2v) is 9.04. The number of hydrogen-bond acceptors (Lipinski definition) is 4. The van der Waals surface area contributed by atoms with Gasteiger partial charge in [0.25, 0.3) is 0 Å². The average molecular weight is 370 g/mol. The molecular formula is C19H22N4O2S. The lowest BCUT2D eigenvalue weighted by Gasteiger charge is -2.28. The van der Waals surface area contributed by atoms with Gasteiger partial charge in [-0.1, -0.05) is 12.1 Å². The molecule has 4 rings (SSSR count). The monoisotopic (exact) mass is 370 g/mol. The molecule has 0 aliphatic carbocycles. The predicted molar refractivity (Wildman–Crippen MR) is 100 cm³/mol. The van der Waals surface area contributed by atoms with E-state index in [1.54, 1.807) is 25.4 Å². The highest BCUT2D eigenvalue weighted by Gasteiger charge is 2.28. The Balaban J connectivity index is 1.61. The number of imidazole rings is 1. The zero-order chi connectivity index (χ0) is 18.3. The van der Waals surface area contributed by atoms with Gasteiger partial charge in [-0.05, 0) is 37.0 Å². The standard InChI is InChI=1S/C19H22N4O2S/c1-14-10-16-4-3-5-17(19(16)21-11-14)26(24,25)22(2)12-15-6-7-18-20-8-9-23(18)13-15/h3-5,8-11,15H,6-7,12-13H2,1-2H3/t15-/m1/s1. The zero-order valence-corrected chi connectivity index (χ0v) is 15.8. The fourth-order valence-corrected chi connectivity index (χ4v) is 5.08. The van der Waals surface area contributed by atoms with Gasteiger partial charge >= 0.3 is 0 Å². The lowest BCUT2D eigenvalue weighted by molar-refractivity contribution is 0.303. The van der Waals surface area contributed by atoms with E-state index < -0.39 is 10.0 Å². The van der Waals surface area contributed by atoms with Gasteiger partial charge in [-0.3, -0.25) is 4.98 Å². The summed E-state index contributed by atoms with van der Waals surface area (Å²) in [5, 5.41) is 0.847. The Bertz CT molecular complexity index is 1060. The van der Waals surface area contributed by atoms with Crippen LogP contribution >= 0.6 is 0 Å². The van der Waals surface area contributed by atoms with Gasteiger partial charge in [0.1, 0.15) is 10.7 Å². The number of sulfonamides is 1. The minimum Gasteiger partial charge on any atom is -0.335 e. The van der Waals surface area contributed by atoms with Crippen molar-refractivity contribution in [3.8, 4) is 0 Å². The molecule has 0 amide bonds. The van der Waals surface area contributed by atoms with Gasteiger partial charge in [0.05, 0.1) is 5.52 Å². The smallest absolute Gasteiger partial charge is 0.244 e. The van der Waals surface area contributed by atoms with E-state index in [4.69, 9.17) is 0 Å². The molecule has 3 heterocycles. The van der Waals surface area contributed by atoms with Crippen molar-refractivity contribution < 1.29 is 8.42 Å². The van der Waals surface area contributed by atoms with Crippen LogP contribution in [0.5, 0.6) is 0 Å². The molecule has 136 valence electrons. The van der Waals surface area contributed by atoms with Crippen molar-refractivity contribution in [1.29, 1.82) is 0 Å². The molecule has 7 heteroatoms. The minimum atomic E-state index is -3.60. The van der Waals surface area contributed by atoms with Crippen LogP contribution in [0.3, 0.4) is 0 Å². The molecule has 26 heavy (non-hydrogen) atoms. The summed E-state index contributed by atoms with van der Waals surface area (Å²) in [6.07, 6.45) is 7.32. The predicted octanol–water partition coefficient (Wildman–Crippen LogP) is 2.62. The first-order valence-electron chi connectivity index (χ1n) is 8.77. The Hall–Kier alpha value is -2.25. The summed E-state index contributed by atoms with van der Waals surface area (Å²) >= 11 is 0. The molecule has 0 unspecified atom stereocenters. The number of aromatic nitrogens is 3. The van der Waals surface area contributed by atoms with Crippen molar-refractivity contribution in [2.45, 2.75) is 31.2 Å². The molecule has 0 radical (unpaired) electrons. The maximum Gasteiger partial charge on any atom is 0.244 e. The highest BCUT2D eigenvalue weighted by atomic mass is 32.2. The van der Waals surface area contributed by atoms with E-state index in [1.165, 1.54) is 4.31 Å². The highest BCUT2D eigenvalue weighted by Crippen LogP contribution is 2.26. The minimum absolute atomic E-state index is 0.275. The molecule has 0 saturated heterocycles. The zero-order valence-electron chi connectivity index (χ0n) is 15.0. The normalized spacial score (nSPS) is 17.6. The number of rotatable bonds is 4. The molecule has 6 nitrogen and oxygen atoms in total. The molecule has 0 fully saturated rings. The van der Waals surface area contributed by atoms with Crippen LogP contribution in [-0.4, -0.2) is 40.9 Å². The Labute approximate surface area is 153 Å². The Morgan fingerprint density at radius 1 is 1.31 bits per heavy atom. The average Bonchev–Trinajstić information content (AvgIpc) is 3.08. The molecular weight excluding hydrogens is 348 g/mol. The number of benzene rings is 1. The van der Waals surface area contributed by atoms with Crippen LogP contribution in [0.1, 0.15) is 17.8 Å². The van der Waals surface area contributed by atoms with Crippen LogP contribution < -0.4 is 0 Å². The third-order valence-electron chi connectivity index (χ3n) is 5.05. The summed E-state index contributed by atoms with van der Waals surface area (Å²) in [5.74, 6) is 1.36. The van der Waals surface area contributed by atoms with Crippen LogP contribution in [0.25, 0.3) is 10.9 Å². The third-order valence-corrected chi connectivity index (χ3v) is 6.90. The fraction of sp³-hybridized carbons (Fsp3) is 0.368. The topological polar surface area (TPSA) is 68.1 Å². The Morgan fingerprint density at radius 2 is 2.15 bits per heavy atom. The molecule has 2 aromatic heterocycles. The van der Waals surface area contributed by atoms with Crippen molar-refractivity contribution >= 4 is 20.9 Å². The van der Waals surface area contributed by atoms with Crippen molar-refractivity contribution in [2.75, 3.05) is 13.6 Å². The van der Waals surface area contributed by atoms with Crippen LogP contribution in [0.2, 0.25) is 0 Å². The van der Waals surface area contributed by atoms with E-state index in [0.29, 0.717) is 12.1 Å². The third kappa shape index (κ3) is 3.01. The molecule has 0 bridgehead atoms. The molecule has 1 aliphatic rings. The van der Waals surface area contributed by atoms with Crippen molar-refractivity contribution in [3.05, 3.63) is 54.2 Å². The quantitative estimate of drug-likeness (QED) is 0.708. The van der Waals surface area contributed by atoms with Crippen LogP contribution in [0, 0.1) is 12.8 Å². The summed E-state index contributed by atoms with van der Waals surface area (Å²) in [6, 6.07) is 7.28. The molecule has 1 aromatic carbocycles. The van der Waals surface area contributed by atoms with Crippen molar-refractivity contribution in [2.24, 2.45) is 5.92 Å². The number of nitrogens with zero attached hydrogens (tertiary/aromatic N) is 4. The number of aryl methyl sites for hydroxylation is 2. The summed E-state index contributed by atoms with van der Waals surface area (Å²) < 4.78 is 29.9. The van der Waals surface area contributed by atoms with Gasteiger partial charge in [-0.15, -0.1) is 0 Å². The van der Waals surface area contributed by atoms with Gasteiger partial charge in [-0.25, -0.2) is 17.7 Å². The van der Waals surface area contributed by atoms with Crippen molar-refractivity contribution in [1.82, 2.24) is 18.8 Å². The Morgan fingerprint density at radius 3 is 3.00 bits per heavy atom. The second-order valence-electron chi connectivity index (χ2n) is 7.03. The lowest BCUT2D eigenvalue weighted by Crippen LogP contribution is -2.35. The number of pyridine rings is 1. The summed E-state index contributed by atoms with van der Waals surface area (Å²) in [5.41, 5.74) is 1.55. The fourth-order valence-electron chi connectivity index (χ4n) is 3.67. The van der Waals surface area contributed by atoms with Crippen LogP contribution in [0.15, 0.2) is 47.8 Å². The lowest BCUT2D eigenvalue weighted by atomic mass is 10.00. The maximum atomic E-state index is 13.2. The molecule has 1 aliphatic heterocycles. The van der Waals surface area contributed by atoms with Crippen LogP contribution in [-0.2, 0) is 23.0 Å². The molecule has 1 atom stereocenters. The van der Waals surface area contributed by atoms with E-state index in [9.17, 15) is 8.42 Å². The molecule has 0 N–H and O–H groups in total. The van der Waals surface area contributed by atoms with E-state index >= 15 is 0 Å². The van der Waals surface area contributed by atoms with Gasteiger partial charge in [0, 0.05) is 50.5 Å². The first kappa shape index (κ1) is 17.2. The van der Waals surface area contributed by atoms with E-state index in [2.05, 4.69) is 14.5 Å². The van der Waals surface area contributed by atoms with Gasteiger partial charge < -0.3 is 4.57 Å². The van der Waals surface area contributed by atoms with Gasteiger partial charge in [-0.2, -0.15) is 0 Å². The molecule has 3 aromatic rings. The second kappa shape index (κ2) is 6.48. The Kier molecular flexibility index (Phi) is 4.28. The first-order valence-corrected chi connectivity index (χ1v) is 10.2. The summed E-state index contributed by atoms with van der Waals surface area (Å²) in [4.78, 5) is 8.99. The molecule has 0 saturated carbocycles. The van der Waals surface area contributed by atoms with Crippen LogP contribution in [0.4, 0.5) is 0 Å². The SMILES string of the molecule is Cc1cnc2c(S(=O)(=O)N(C)C[C@H]3CCc4nccn4C3)cccc2c1. The van der Waals surface area contributed by atoms with E-state index in [0.717, 1.165) is 36.2 Å². The maximum absolute atomic E-state index is 13.2. The largest absolute Gasteiger partial charge is 0.335 e. The first-order chi connectivity index (χ1) is 12.4. The summed E-state index contributed by atoms with van der Waals surface area (Å²) in [7, 11) is -1.94. The molecule has 0 spiro atoms. The van der Waals surface area contributed by atoms with Gasteiger partial charge in [0.2, 0.25) is 10.0 Å². The summed E-state index contributed by atoms with van der Waals surface area (Å²) in [6.45, 7) is 3.25. The van der Waals surface area contributed by atoms with Crippen molar-refractivity contribution in [3.63, 3.8) is 0 Å². The highest BCUT2D eigenvalue weighted by molar-refractivity contribution is 7.89. The van der Waals surface area contributed by atoms with E-state index in [-0.39, 0.29) is 10.8 Å². The van der Waals surface area contributed by atoms with Gasteiger partial charge in [0.15, 0.2) is 0 Å².